The van der Waals surface area contributed by atoms with Crippen LogP contribution in [0.5, 0.6) is 0 Å². The lowest BCUT2D eigenvalue weighted by Gasteiger charge is -2.08. The first kappa shape index (κ1) is 10.9. The maximum absolute atomic E-state index is 4.32. The highest BCUT2D eigenvalue weighted by Gasteiger charge is 2.12. The van der Waals surface area contributed by atoms with Crippen LogP contribution in [0.4, 0.5) is 0 Å². The third kappa shape index (κ3) is 1.98. The molecule has 2 aromatic heterocycles. The van der Waals surface area contributed by atoms with E-state index in [0.717, 1.165) is 23.8 Å². The molecule has 0 radical (unpaired) electrons. The Bertz CT molecular complexity index is 480. The Morgan fingerprint density at radius 1 is 1.38 bits per heavy atom. The summed E-state index contributed by atoms with van der Waals surface area (Å²) in [6.07, 6.45) is 1.78. The molecule has 0 spiro atoms. The molecule has 0 bridgehead atoms. The molecule has 0 fully saturated rings. The second-order valence-corrected chi connectivity index (χ2v) is 4.50. The monoisotopic (exact) mass is 219 g/mol. The molecule has 0 N–H and O–H groups in total. The van der Waals surface area contributed by atoms with Gasteiger partial charge in [-0.05, 0) is 18.9 Å². The molecule has 2 heterocycles. The van der Waals surface area contributed by atoms with Crippen LogP contribution in [0.3, 0.4) is 0 Å². The molecule has 86 valence electrons. The Morgan fingerprint density at radius 2 is 2.12 bits per heavy atom. The van der Waals surface area contributed by atoms with Gasteiger partial charge in [0.05, 0.1) is 5.69 Å². The van der Waals surface area contributed by atoms with Gasteiger partial charge in [-0.25, -0.2) is 0 Å². The average molecular weight is 219 g/mol. The highest BCUT2D eigenvalue weighted by Crippen LogP contribution is 2.17. The summed E-state index contributed by atoms with van der Waals surface area (Å²) in [5, 5.41) is 12.5. The van der Waals surface area contributed by atoms with Gasteiger partial charge in [-0.3, -0.25) is 4.68 Å². The third-order valence-corrected chi connectivity index (χ3v) is 2.41. The van der Waals surface area contributed by atoms with Gasteiger partial charge in [0, 0.05) is 13.6 Å². The Morgan fingerprint density at radius 3 is 2.69 bits per heavy atom. The summed E-state index contributed by atoms with van der Waals surface area (Å²) in [6.45, 7) is 7.26. The van der Waals surface area contributed by atoms with Crippen molar-refractivity contribution in [2.45, 2.75) is 27.3 Å². The molecular formula is C11H17N5. The minimum absolute atomic E-state index is 0.573. The van der Waals surface area contributed by atoms with Crippen LogP contribution in [0.2, 0.25) is 0 Å². The second kappa shape index (κ2) is 4.08. The summed E-state index contributed by atoms with van der Waals surface area (Å²) in [7, 11) is 1.93. The van der Waals surface area contributed by atoms with E-state index >= 15 is 0 Å². The molecule has 0 aromatic carbocycles. The Balaban J connectivity index is 2.40. The molecule has 2 rings (SSSR count). The van der Waals surface area contributed by atoms with Crippen LogP contribution >= 0.6 is 0 Å². The quantitative estimate of drug-likeness (QED) is 0.788. The highest BCUT2D eigenvalue weighted by atomic mass is 15.3. The van der Waals surface area contributed by atoms with Crippen LogP contribution in [0.1, 0.15) is 19.5 Å². The lowest BCUT2D eigenvalue weighted by molar-refractivity contribution is 0.524. The van der Waals surface area contributed by atoms with E-state index in [9.17, 15) is 0 Å². The van der Waals surface area contributed by atoms with Crippen molar-refractivity contribution in [3.05, 3.63) is 18.1 Å². The number of nitrogens with zero attached hydrogens (tertiary/aromatic N) is 5. The zero-order valence-electron chi connectivity index (χ0n) is 10.2. The fraction of sp³-hybridized carbons (Fsp3) is 0.545. The molecule has 0 atom stereocenters. The Hall–Kier alpha value is -1.65. The van der Waals surface area contributed by atoms with Crippen LogP contribution < -0.4 is 0 Å². The largest absolute Gasteiger partial charge is 0.312 e. The molecule has 0 saturated carbocycles. The van der Waals surface area contributed by atoms with Gasteiger partial charge in [-0.15, -0.1) is 10.2 Å². The molecule has 0 aliphatic carbocycles. The third-order valence-electron chi connectivity index (χ3n) is 2.41. The first-order valence-corrected chi connectivity index (χ1v) is 5.46. The maximum atomic E-state index is 4.32. The fourth-order valence-electron chi connectivity index (χ4n) is 1.80. The standard InChI is InChI=1S/C11H17N5/c1-8(2)6-16-7-12-13-11(16)10-5-9(3)14-15(10)4/h5,7-8H,6H2,1-4H3. The zero-order valence-corrected chi connectivity index (χ0v) is 10.2. The SMILES string of the molecule is Cc1cc(-c2nncn2CC(C)C)n(C)n1. The van der Waals surface area contributed by atoms with Gasteiger partial charge >= 0.3 is 0 Å². The van der Waals surface area contributed by atoms with Crippen molar-refractivity contribution in [1.82, 2.24) is 24.5 Å². The molecule has 0 aliphatic heterocycles. The minimum Gasteiger partial charge on any atom is -0.312 e. The van der Waals surface area contributed by atoms with Gasteiger partial charge < -0.3 is 4.57 Å². The summed E-state index contributed by atoms with van der Waals surface area (Å²) < 4.78 is 3.91. The summed E-state index contributed by atoms with van der Waals surface area (Å²) in [4.78, 5) is 0. The Kier molecular flexibility index (Phi) is 2.77. The van der Waals surface area contributed by atoms with Gasteiger partial charge in [-0.1, -0.05) is 13.8 Å². The van der Waals surface area contributed by atoms with Crippen molar-refractivity contribution in [1.29, 1.82) is 0 Å². The minimum atomic E-state index is 0.573. The van der Waals surface area contributed by atoms with Gasteiger partial charge in [0.25, 0.3) is 0 Å². The molecule has 0 amide bonds. The van der Waals surface area contributed by atoms with Gasteiger partial charge in [0.2, 0.25) is 0 Å². The van der Waals surface area contributed by atoms with E-state index in [1.165, 1.54) is 0 Å². The topological polar surface area (TPSA) is 48.5 Å². The van der Waals surface area contributed by atoms with Crippen molar-refractivity contribution in [2.24, 2.45) is 13.0 Å². The van der Waals surface area contributed by atoms with Crippen molar-refractivity contribution in [2.75, 3.05) is 0 Å². The first-order chi connectivity index (χ1) is 7.58. The summed E-state index contributed by atoms with van der Waals surface area (Å²) >= 11 is 0. The van der Waals surface area contributed by atoms with Crippen LogP contribution in [-0.4, -0.2) is 24.5 Å². The van der Waals surface area contributed by atoms with E-state index in [1.54, 1.807) is 6.33 Å². The lowest BCUT2D eigenvalue weighted by Crippen LogP contribution is -2.07. The van der Waals surface area contributed by atoms with Gasteiger partial charge in [0.1, 0.15) is 12.0 Å². The van der Waals surface area contributed by atoms with Crippen molar-refractivity contribution in [3.8, 4) is 11.5 Å². The van der Waals surface area contributed by atoms with E-state index in [0.29, 0.717) is 5.92 Å². The summed E-state index contributed by atoms with van der Waals surface area (Å²) in [5.74, 6) is 1.46. The fourth-order valence-corrected chi connectivity index (χ4v) is 1.80. The van der Waals surface area contributed by atoms with Gasteiger partial charge in [0.15, 0.2) is 5.82 Å². The van der Waals surface area contributed by atoms with E-state index < -0.39 is 0 Å². The van der Waals surface area contributed by atoms with Crippen molar-refractivity contribution < 1.29 is 0 Å². The molecule has 2 aromatic rings. The predicted molar refractivity (Wildman–Crippen MR) is 61.8 cm³/mol. The zero-order chi connectivity index (χ0) is 11.7. The van der Waals surface area contributed by atoms with E-state index in [-0.39, 0.29) is 0 Å². The number of aryl methyl sites for hydroxylation is 2. The molecular weight excluding hydrogens is 202 g/mol. The van der Waals surface area contributed by atoms with E-state index in [2.05, 4.69) is 33.7 Å². The molecule has 0 unspecified atom stereocenters. The lowest BCUT2D eigenvalue weighted by atomic mass is 10.2. The second-order valence-electron chi connectivity index (χ2n) is 4.50. The van der Waals surface area contributed by atoms with Crippen LogP contribution in [0.25, 0.3) is 11.5 Å². The van der Waals surface area contributed by atoms with Crippen LogP contribution in [-0.2, 0) is 13.6 Å². The van der Waals surface area contributed by atoms with Crippen LogP contribution in [0, 0.1) is 12.8 Å². The smallest absolute Gasteiger partial charge is 0.182 e. The molecule has 16 heavy (non-hydrogen) atoms. The molecule has 0 saturated heterocycles. The molecule has 0 aliphatic rings. The van der Waals surface area contributed by atoms with E-state index in [1.807, 2.05) is 24.7 Å². The first-order valence-electron chi connectivity index (χ1n) is 5.46. The number of rotatable bonds is 3. The van der Waals surface area contributed by atoms with Crippen LogP contribution in [0.15, 0.2) is 12.4 Å². The van der Waals surface area contributed by atoms with Gasteiger partial charge in [-0.2, -0.15) is 5.10 Å². The molecule has 5 nitrogen and oxygen atoms in total. The van der Waals surface area contributed by atoms with Crippen molar-refractivity contribution in [3.63, 3.8) is 0 Å². The average Bonchev–Trinajstić information content (AvgIpc) is 2.72. The maximum Gasteiger partial charge on any atom is 0.182 e. The summed E-state index contributed by atoms with van der Waals surface area (Å²) in [6, 6.07) is 2.03. The molecule has 5 heteroatoms. The van der Waals surface area contributed by atoms with Crippen molar-refractivity contribution >= 4 is 0 Å². The number of aromatic nitrogens is 5. The predicted octanol–water partition coefficient (Wildman–Crippen LogP) is 1.64. The summed E-state index contributed by atoms with van der Waals surface area (Å²) in [5.41, 5.74) is 2.01. The normalized spacial score (nSPS) is 11.3. The highest BCUT2D eigenvalue weighted by molar-refractivity contribution is 5.50. The number of hydrogen-bond donors (Lipinski definition) is 0. The van der Waals surface area contributed by atoms with E-state index in [4.69, 9.17) is 0 Å². The Labute approximate surface area is 95.1 Å². The number of hydrogen-bond acceptors (Lipinski definition) is 3.